The molecule has 0 bridgehead atoms. The number of halogens is 3. The minimum absolute atomic E-state index is 0.244. The maximum Gasteiger partial charge on any atom is 0.248 e. The number of rotatable bonds is 3. The summed E-state index contributed by atoms with van der Waals surface area (Å²) in [6, 6.07) is 12.5. The van der Waals surface area contributed by atoms with E-state index in [2.05, 4.69) is 21.2 Å². The molecule has 0 aromatic heterocycles. The molecule has 2 rings (SSSR count). The molecule has 5 heteroatoms. The number of hydrogen-bond acceptors (Lipinski definition) is 1. The minimum atomic E-state index is -0.244. The number of anilines is 1. The highest BCUT2D eigenvalue weighted by Crippen LogP contribution is 2.22. The lowest BCUT2D eigenvalue weighted by Gasteiger charge is -2.03. The smallest absolute Gasteiger partial charge is 0.248 e. The quantitative estimate of drug-likeness (QED) is 0.719. The molecule has 0 heterocycles. The van der Waals surface area contributed by atoms with Gasteiger partial charge in [-0.1, -0.05) is 51.3 Å². The van der Waals surface area contributed by atoms with E-state index in [1.165, 1.54) is 6.08 Å². The summed E-state index contributed by atoms with van der Waals surface area (Å²) in [4.78, 5) is 11.8. The Morgan fingerprint density at radius 1 is 1.05 bits per heavy atom. The van der Waals surface area contributed by atoms with E-state index in [-0.39, 0.29) is 5.91 Å². The highest BCUT2D eigenvalue weighted by Gasteiger charge is 2.01. The summed E-state index contributed by atoms with van der Waals surface area (Å²) in [7, 11) is 0. The van der Waals surface area contributed by atoms with Gasteiger partial charge in [0.25, 0.3) is 0 Å². The van der Waals surface area contributed by atoms with Crippen molar-refractivity contribution in [1.82, 2.24) is 0 Å². The Morgan fingerprint density at radius 2 is 1.65 bits per heavy atom. The van der Waals surface area contributed by atoms with Gasteiger partial charge in [-0.2, -0.15) is 0 Å². The van der Waals surface area contributed by atoms with Gasteiger partial charge in [0.15, 0.2) is 0 Å². The van der Waals surface area contributed by atoms with Crippen LogP contribution in [0.2, 0.25) is 10.0 Å². The Hall–Kier alpha value is -1.29. The molecule has 0 aliphatic heterocycles. The van der Waals surface area contributed by atoms with E-state index in [0.717, 1.165) is 10.0 Å². The predicted octanol–water partition coefficient (Wildman–Crippen LogP) is 5.41. The van der Waals surface area contributed by atoms with Crippen LogP contribution in [0.15, 0.2) is 53.0 Å². The first-order valence-electron chi connectivity index (χ1n) is 5.74. The van der Waals surface area contributed by atoms with Crippen molar-refractivity contribution in [3.63, 3.8) is 0 Å². The second kappa shape index (κ2) is 6.93. The lowest BCUT2D eigenvalue weighted by atomic mass is 10.2. The molecule has 0 saturated carbocycles. The molecule has 2 aromatic carbocycles. The first-order valence-corrected chi connectivity index (χ1v) is 7.28. The topological polar surface area (TPSA) is 29.1 Å². The summed E-state index contributed by atoms with van der Waals surface area (Å²) >= 11 is 15.1. The molecule has 20 heavy (non-hydrogen) atoms. The lowest BCUT2D eigenvalue weighted by molar-refractivity contribution is -0.111. The van der Waals surface area contributed by atoms with Gasteiger partial charge >= 0.3 is 0 Å². The van der Waals surface area contributed by atoms with E-state index in [4.69, 9.17) is 23.2 Å². The van der Waals surface area contributed by atoms with E-state index in [1.807, 2.05) is 24.3 Å². The van der Waals surface area contributed by atoms with Gasteiger partial charge in [0.2, 0.25) is 5.91 Å². The van der Waals surface area contributed by atoms with Crippen LogP contribution in [0.25, 0.3) is 6.08 Å². The van der Waals surface area contributed by atoms with Gasteiger partial charge in [-0.3, -0.25) is 4.79 Å². The molecule has 0 atom stereocenters. The van der Waals surface area contributed by atoms with Crippen LogP contribution in [0.1, 0.15) is 5.56 Å². The molecule has 0 unspecified atom stereocenters. The van der Waals surface area contributed by atoms with Gasteiger partial charge in [-0.25, -0.2) is 0 Å². The van der Waals surface area contributed by atoms with E-state index >= 15 is 0 Å². The maximum absolute atomic E-state index is 11.8. The molecule has 0 saturated heterocycles. The third-order valence-electron chi connectivity index (χ3n) is 2.43. The Kier molecular flexibility index (Phi) is 5.24. The number of benzene rings is 2. The van der Waals surface area contributed by atoms with Crippen molar-refractivity contribution in [2.75, 3.05) is 5.32 Å². The van der Waals surface area contributed by atoms with Crippen LogP contribution in [0, 0.1) is 0 Å². The fraction of sp³-hybridized carbons (Fsp3) is 0. The van der Waals surface area contributed by atoms with Crippen LogP contribution in [-0.4, -0.2) is 5.91 Å². The molecule has 2 aromatic rings. The van der Waals surface area contributed by atoms with Crippen LogP contribution < -0.4 is 5.32 Å². The Balaban J connectivity index is 2.03. The highest BCUT2D eigenvalue weighted by molar-refractivity contribution is 9.10. The van der Waals surface area contributed by atoms with Gasteiger partial charge < -0.3 is 5.32 Å². The molecule has 0 aliphatic carbocycles. The molecule has 0 spiro atoms. The number of carbonyl (C=O) groups is 1. The van der Waals surface area contributed by atoms with E-state index in [0.29, 0.717) is 15.7 Å². The maximum atomic E-state index is 11.8. The van der Waals surface area contributed by atoms with Gasteiger partial charge in [0.1, 0.15) is 0 Å². The SMILES string of the molecule is O=C(/C=C/c1ccc(Br)cc1)Nc1cc(Cl)cc(Cl)c1. The molecular formula is C15H10BrCl2NO. The molecule has 1 N–H and O–H groups in total. The molecule has 0 radical (unpaired) electrons. The summed E-state index contributed by atoms with van der Waals surface area (Å²) < 4.78 is 0.993. The van der Waals surface area contributed by atoms with Crippen molar-refractivity contribution >= 4 is 56.8 Å². The van der Waals surface area contributed by atoms with Gasteiger partial charge in [-0.15, -0.1) is 0 Å². The molecular weight excluding hydrogens is 361 g/mol. The third-order valence-corrected chi connectivity index (χ3v) is 3.39. The zero-order chi connectivity index (χ0) is 14.5. The summed E-state index contributed by atoms with van der Waals surface area (Å²) in [6.45, 7) is 0. The van der Waals surface area contributed by atoms with Crippen LogP contribution in [-0.2, 0) is 4.79 Å². The van der Waals surface area contributed by atoms with E-state index < -0.39 is 0 Å². The van der Waals surface area contributed by atoms with Crippen LogP contribution >= 0.6 is 39.1 Å². The summed E-state index contributed by atoms with van der Waals surface area (Å²) in [6.07, 6.45) is 3.19. The van der Waals surface area contributed by atoms with Crippen molar-refractivity contribution in [3.05, 3.63) is 68.6 Å². The van der Waals surface area contributed by atoms with E-state index in [9.17, 15) is 4.79 Å². The average molecular weight is 371 g/mol. The number of nitrogens with one attached hydrogen (secondary N) is 1. The number of carbonyl (C=O) groups excluding carboxylic acids is 1. The van der Waals surface area contributed by atoms with E-state index in [1.54, 1.807) is 24.3 Å². The largest absolute Gasteiger partial charge is 0.322 e. The van der Waals surface area contributed by atoms with Crippen LogP contribution in [0.5, 0.6) is 0 Å². The van der Waals surface area contributed by atoms with Crippen molar-refractivity contribution in [3.8, 4) is 0 Å². The molecule has 1 amide bonds. The number of hydrogen-bond donors (Lipinski definition) is 1. The third kappa shape index (κ3) is 4.67. The number of amides is 1. The summed E-state index contributed by atoms with van der Waals surface area (Å²) in [5.74, 6) is -0.244. The van der Waals surface area contributed by atoms with Crippen LogP contribution in [0.3, 0.4) is 0 Å². The van der Waals surface area contributed by atoms with Crippen LogP contribution in [0.4, 0.5) is 5.69 Å². The van der Waals surface area contributed by atoms with Crippen molar-refractivity contribution < 1.29 is 4.79 Å². The Labute approximate surface area is 135 Å². The van der Waals surface area contributed by atoms with Gasteiger partial charge in [0.05, 0.1) is 0 Å². The lowest BCUT2D eigenvalue weighted by Crippen LogP contribution is -2.07. The Morgan fingerprint density at radius 3 is 2.25 bits per heavy atom. The zero-order valence-electron chi connectivity index (χ0n) is 10.2. The monoisotopic (exact) mass is 369 g/mol. The fourth-order valence-corrected chi connectivity index (χ4v) is 2.35. The van der Waals surface area contributed by atoms with Gasteiger partial charge in [-0.05, 0) is 42.0 Å². The molecule has 0 aliphatic rings. The van der Waals surface area contributed by atoms with Crippen molar-refractivity contribution in [1.29, 1.82) is 0 Å². The normalized spacial score (nSPS) is 10.8. The van der Waals surface area contributed by atoms with Crippen molar-refractivity contribution in [2.24, 2.45) is 0 Å². The average Bonchev–Trinajstić information content (AvgIpc) is 2.37. The second-order valence-corrected chi connectivity index (χ2v) is 5.82. The summed E-state index contributed by atoms with van der Waals surface area (Å²) in [5.41, 5.74) is 1.50. The van der Waals surface area contributed by atoms with Gasteiger partial charge in [0, 0.05) is 26.3 Å². The van der Waals surface area contributed by atoms with Crippen molar-refractivity contribution in [2.45, 2.75) is 0 Å². The molecule has 0 fully saturated rings. The zero-order valence-corrected chi connectivity index (χ0v) is 13.3. The standard InChI is InChI=1S/C15H10BrCl2NO/c16-11-4-1-10(2-5-11)3-6-15(20)19-14-8-12(17)7-13(18)9-14/h1-9H,(H,19,20)/b6-3+. The second-order valence-electron chi connectivity index (χ2n) is 4.03. The first kappa shape index (κ1) is 15.1. The fourth-order valence-electron chi connectivity index (χ4n) is 1.56. The first-order chi connectivity index (χ1) is 9.52. The summed E-state index contributed by atoms with van der Waals surface area (Å²) in [5, 5.41) is 3.65. The highest BCUT2D eigenvalue weighted by atomic mass is 79.9. The predicted molar refractivity (Wildman–Crippen MR) is 88.3 cm³/mol. The molecule has 2 nitrogen and oxygen atoms in total. The molecule has 102 valence electrons. The minimum Gasteiger partial charge on any atom is -0.322 e. The Bertz CT molecular complexity index is 633.